The third kappa shape index (κ3) is 6.76. The second kappa shape index (κ2) is 12.2. The fraction of sp³-hybridized carbons (Fsp3) is 0.355. The number of rotatable bonds is 9. The molecular weight excluding hydrogens is 558 g/mol. The molecule has 0 aromatic heterocycles. The molecule has 218 valence electrons. The minimum atomic E-state index is -5.77. The first-order chi connectivity index (χ1) is 19.6. The van der Waals surface area contributed by atoms with Crippen LogP contribution in [0.2, 0.25) is 0 Å². The van der Waals surface area contributed by atoms with Crippen molar-refractivity contribution in [2.75, 3.05) is 26.3 Å². The molecule has 3 aromatic rings. The van der Waals surface area contributed by atoms with Crippen LogP contribution in [0.1, 0.15) is 47.9 Å². The molecule has 1 saturated heterocycles. The number of benzene rings is 3. The van der Waals surface area contributed by atoms with Gasteiger partial charge in [0.05, 0.1) is 6.67 Å². The van der Waals surface area contributed by atoms with E-state index in [-0.39, 0.29) is 18.5 Å². The first-order valence-corrected chi connectivity index (χ1v) is 15.0. The molecule has 0 N–H and O–H groups in total. The van der Waals surface area contributed by atoms with Gasteiger partial charge in [-0.15, -0.1) is 0 Å². The van der Waals surface area contributed by atoms with Crippen molar-refractivity contribution < 1.29 is 34.9 Å². The van der Waals surface area contributed by atoms with Crippen molar-refractivity contribution in [2.45, 2.75) is 43.7 Å². The molecule has 41 heavy (non-hydrogen) atoms. The zero-order valence-electron chi connectivity index (χ0n) is 22.4. The average molecular weight is 590 g/mol. The molecule has 0 saturated carbocycles. The summed E-state index contributed by atoms with van der Waals surface area (Å²) in [4.78, 5) is 2.20. The van der Waals surface area contributed by atoms with Crippen LogP contribution in [-0.2, 0) is 16.5 Å². The quantitative estimate of drug-likeness (QED) is 0.153. The van der Waals surface area contributed by atoms with Gasteiger partial charge in [0.1, 0.15) is 17.6 Å². The van der Waals surface area contributed by atoms with Crippen molar-refractivity contribution in [3.63, 3.8) is 0 Å². The Balaban J connectivity index is 1.47. The van der Waals surface area contributed by atoms with Crippen LogP contribution >= 0.6 is 0 Å². The second-order valence-corrected chi connectivity index (χ2v) is 11.8. The number of aryl methyl sites for hydroxylation is 1. The highest BCUT2D eigenvalue weighted by Gasteiger charge is 2.48. The van der Waals surface area contributed by atoms with E-state index in [9.17, 15) is 26.0 Å². The highest BCUT2D eigenvalue weighted by atomic mass is 32.2. The molecule has 1 unspecified atom stereocenters. The Morgan fingerprint density at radius 2 is 1.63 bits per heavy atom. The third-order valence-corrected chi connectivity index (χ3v) is 8.39. The van der Waals surface area contributed by atoms with Crippen molar-refractivity contribution in [3.8, 4) is 11.5 Å². The van der Waals surface area contributed by atoms with E-state index in [1.165, 1.54) is 12.1 Å². The molecule has 1 fully saturated rings. The van der Waals surface area contributed by atoms with Gasteiger partial charge in [-0.05, 0) is 89.8 Å². The van der Waals surface area contributed by atoms with E-state index in [0.29, 0.717) is 18.4 Å². The molecule has 1 heterocycles. The maximum atomic E-state index is 12.9. The Kier molecular flexibility index (Phi) is 8.70. The number of ether oxygens (including phenoxy) is 1. The molecule has 5 rings (SSSR count). The lowest BCUT2D eigenvalue weighted by atomic mass is 9.88. The van der Waals surface area contributed by atoms with Gasteiger partial charge in [0.2, 0.25) is 0 Å². The molecule has 0 radical (unpaired) electrons. The number of halogens is 4. The Morgan fingerprint density at radius 3 is 2.34 bits per heavy atom. The van der Waals surface area contributed by atoms with Gasteiger partial charge in [-0.2, -0.15) is 21.6 Å². The third-order valence-electron chi connectivity index (χ3n) is 7.42. The van der Waals surface area contributed by atoms with Crippen LogP contribution in [0.4, 0.5) is 17.6 Å². The Morgan fingerprint density at radius 1 is 0.902 bits per heavy atom. The summed E-state index contributed by atoms with van der Waals surface area (Å²) in [5, 5.41) is 0. The van der Waals surface area contributed by atoms with Gasteiger partial charge in [0.15, 0.2) is 0 Å². The minimum absolute atomic E-state index is 0.0320. The van der Waals surface area contributed by atoms with Crippen molar-refractivity contribution >= 4 is 21.3 Å². The summed E-state index contributed by atoms with van der Waals surface area (Å²) in [5.41, 5.74) is -0.0265. The summed E-state index contributed by atoms with van der Waals surface area (Å²) >= 11 is 0. The molecule has 10 heteroatoms. The summed E-state index contributed by atoms with van der Waals surface area (Å²) in [5.74, 6) is 0.354. The number of likely N-dealkylation sites (tertiary alicyclic amines) is 1. The van der Waals surface area contributed by atoms with E-state index in [4.69, 9.17) is 4.74 Å². The zero-order chi connectivity index (χ0) is 29.0. The lowest BCUT2D eigenvalue weighted by Gasteiger charge is -2.19. The van der Waals surface area contributed by atoms with E-state index in [1.807, 2.05) is 54.6 Å². The number of alkyl halides is 4. The van der Waals surface area contributed by atoms with Gasteiger partial charge in [-0.25, -0.2) is 0 Å². The van der Waals surface area contributed by atoms with Gasteiger partial charge in [-0.1, -0.05) is 48.5 Å². The van der Waals surface area contributed by atoms with E-state index >= 15 is 0 Å². The Bertz CT molecular complexity index is 1490. The number of nitrogens with zero attached hydrogens (tertiary/aromatic N) is 1. The first kappa shape index (κ1) is 29.1. The van der Waals surface area contributed by atoms with Crippen LogP contribution in [0.5, 0.6) is 11.5 Å². The molecule has 1 aliphatic heterocycles. The highest BCUT2D eigenvalue weighted by Crippen LogP contribution is 2.41. The molecule has 0 bridgehead atoms. The van der Waals surface area contributed by atoms with Gasteiger partial charge in [0, 0.05) is 19.6 Å². The normalized spacial score (nSPS) is 18.2. The summed E-state index contributed by atoms with van der Waals surface area (Å²) in [7, 11) is -5.77. The predicted molar refractivity (Wildman–Crippen MR) is 150 cm³/mol. The van der Waals surface area contributed by atoms with E-state index in [1.54, 1.807) is 6.07 Å². The lowest BCUT2D eigenvalue weighted by molar-refractivity contribution is -0.0500. The number of hydrogen-bond acceptors (Lipinski definition) is 5. The van der Waals surface area contributed by atoms with Crippen LogP contribution in [0.15, 0.2) is 72.8 Å². The largest absolute Gasteiger partial charge is 0.534 e. The topological polar surface area (TPSA) is 55.8 Å². The van der Waals surface area contributed by atoms with E-state index in [0.717, 1.165) is 72.5 Å². The monoisotopic (exact) mass is 589 g/mol. The van der Waals surface area contributed by atoms with Crippen molar-refractivity contribution in [1.82, 2.24) is 4.90 Å². The average Bonchev–Trinajstić information content (AvgIpc) is 3.30. The van der Waals surface area contributed by atoms with Crippen LogP contribution in [0.25, 0.3) is 11.1 Å². The van der Waals surface area contributed by atoms with Crippen molar-refractivity contribution in [2.24, 2.45) is 0 Å². The van der Waals surface area contributed by atoms with Crippen LogP contribution in [-0.4, -0.2) is 51.2 Å². The van der Waals surface area contributed by atoms with Crippen LogP contribution in [0, 0.1) is 0 Å². The van der Waals surface area contributed by atoms with Gasteiger partial charge >= 0.3 is 15.6 Å². The fourth-order valence-electron chi connectivity index (χ4n) is 5.52. The highest BCUT2D eigenvalue weighted by molar-refractivity contribution is 7.88. The summed E-state index contributed by atoms with van der Waals surface area (Å²) in [6, 6.07) is 22.0. The number of fused-ring (bicyclic) bond motifs is 1. The fourth-order valence-corrected chi connectivity index (χ4v) is 5.97. The van der Waals surface area contributed by atoms with Crippen molar-refractivity contribution in [3.05, 3.63) is 95.1 Å². The molecule has 0 amide bonds. The number of hydrogen-bond donors (Lipinski definition) is 0. The molecule has 3 aromatic carbocycles. The Hall–Kier alpha value is -3.37. The second-order valence-electron chi connectivity index (χ2n) is 10.3. The lowest BCUT2D eigenvalue weighted by Crippen LogP contribution is -2.28. The standard InChI is InChI=1S/C31H31F4NO4S/c32-17-5-18-36-19-16-27(21-36)39-25-12-10-23(11-13-25)30-28(22-6-2-1-3-7-22)9-4-8-24-20-26(14-15-29(24)30)40-41(37,38)31(33,34)35/h1-3,6-7,10-15,20,27H,4-5,8-9,16-19,21H2. The molecule has 0 spiro atoms. The molecular formula is C31H31F4NO4S. The smallest absolute Gasteiger partial charge is 0.489 e. The first-order valence-electron chi connectivity index (χ1n) is 13.6. The molecule has 1 aliphatic carbocycles. The zero-order valence-corrected chi connectivity index (χ0v) is 23.2. The molecule has 2 aliphatic rings. The van der Waals surface area contributed by atoms with Crippen LogP contribution < -0.4 is 8.92 Å². The van der Waals surface area contributed by atoms with Gasteiger partial charge < -0.3 is 8.92 Å². The van der Waals surface area contributed by atoms with Crippen molar-refractivity contribution in [1.29, 1.82) is 0 Å². The van der Waals surface area contributed by atoms with Gasteiger partial charge in [-0.3, -0.25) is 9.29 Å². The SMILES string of the molecule is O=S(=O)(Oc1ccc2c(c1)CCCC(c1ccccc1)=C2c1ccc(OC2CCN(CCCF)C2)cc1)C(F)(F)F. The minimum Gasteiger partial charge on any atom is -0.489 e. The Labute approximate surface area is 237 Å². The van der Waals surface area contributed by atoms with Gasteiger partial charge in [0.25, 0.3) is 0 Å². The van der Waals surface area contributed by atoms with Crippen LogP contribution in [0.3, 0.4) is 0 Å². The van der Waals surface area contributed by atoms with E-state index in [2.05, 4.69) is 9.08 Å². The summed E-state index contributed by atoms with van der Waals surface area (Å²) < 4.78 is 85.2. The summed E-state index contributed by atoms with van der Waals surface area (Å²) in [6.07, 6.45) is 3.41. The number of allylic oxidation sites excluding steroid dienone is 1. The predicted octanol–water partition coefficient (Wildman–Crippen LogP) is 7.02. The molecule has 5 nitrogen and oxygen atoms in total. The maximum absolute atomic E-state index is 12.9. The maximum Gasteiger partial charge on any atom is 0.534 e. The summed E-state index contributed by atoms with van der Waals surface area (Å²) in [6.45, 7) is 2.03. The molecule has 1 atom stereocenters. The van der Waals surface area contributed by atoms with E-state index < -0.39 is 15.6 Å².